The molecule has 0 N–H and O–H groups in total. The van der Waals surface area contributed by atoms with E-state index < -0.39 is 0 Å². The van der Waals surface area contributed by atoms with Gasteiger partial charge in [0.1, 0.15) is 0 Å². The molecule has 0 unspecified atom stereocenters. The van der Waals surface area contributed by atoms with E-state index in [2.05, 4.69) is 41.4 Å². The van der Waals surface area contributed by atoms with Crippen molar-refractivity contribution >= 4 is 22.4 Å². The molecule has 0 amide bonds. The number of benzene rings is 2. The lowest BCUT2D eigenvalue weighted by molar-refractivity contribution is 1.33. The minimum Gasteiger partial charge on any atom is -0.256 e. The van der Waals surface area contributed by atoms with Gasteiger partial charge < -0.3 is 0 Å². The maximum atomic E-state index is 5.87. The molecule has 0 fully saturated rings. The molecule has 0 aliphatic heterocycles. The summed E-state index contributed by atoms with van der Waals surface area (Å²) < 4.78 is 0. The van der Waals surface area contributed by atoms with Crippen LogP contribution in [0.15, 0.2) is 60.8 Å². The van der Waals surface area contributed by atoms with E-state index in [1.54, 1.807) is 0 Å². The Morgan fingerprint density at radius 1 is 0.944 bits per heavy atom. The minimum absolute atomic E-state index is 0.545. The predicted octanol–water partition coefficient (Wildman–Crippen LogP) is 4.64. The van der Waals surface area contributed by atoms with E-state index in [0.29, 0.717) is 5.88 Å². The Kier molecular flexibility index (Phi) is 2.99. The van der Waals surface area contributed by atoms with Crippen LogP contribution in [0.3, 0.4) is 0 Å². The Morgan fingerprint density at radius 3 is 2.67 bits per heavy atom. The highest BCUT2D eigenvalue weighted by Gasteiger charge is 2.04. The smallest absolute Gasteiger partial charge is 0.0708 e. The third-order valence-electron chi connectivity index (χ3n) is 3.04. The molecular formula is C16H12ClN. The summed E-state index contributed by atoms with van der Waals surface area (Å²) in [5, 5.41) is 2.42. The fourth-order valence-electron chi connectivity index (χ4n) is 2.16. The average Bonchev–Trinajstić information content (AvgIpc) is 2.47. The minimum atomic E-state index is 0.545. The second kappa shape index (κ2) is 4.79. The highest BCUT2D eigenvalue weighted by molar-refractivity contribution is 6.17. The first-order valence-corrected chi connectivity index (χ1v) is 6.41. The Hall–Kier alpha value is -1.86. The Labute approximate surface area is 111 Å². The third-order valence-corrected chi connectivity index (χ3v) is 3.35. The van der Waals surface area contributed by atoms with Gasteiger partial charge in [0.05, 0.1) is 5.69 Å². The van der Waals surface area contributed by atoms with Crippen molar-refractivity contribution in [1.82, 2.24) is 4.98 Å². The molecule has 2 heteroatoms. The van der Waals surface area contributed by atoms with Crippen LogP contribution in [-0.4, -0.2) is 4.98 Å². The van der Waals surface area contributed by atoms with Crippen molar-refractivity contribution in [3.05, 3.63) is 66.4 Å². The molecule has 1 nitrogen and oxygen atoms in total. The number of pyridine rings is 1. The third kappa shape index (κ3) is 1.98. The van der Waals surface area contributed by atoms with E-state index in [-0.39, 0.29) is 0 Å². The SMILES string of the molecule is ClCc1ccc2c(-c3ccccn3)cccc2c1. The zero-order chi connectivity index (χ0) is 12.4. The summed E-state index contributed by atoms with van der Waals surface area (Å²) in [6.07, 6.45) is 1.82. The van der Waals surface area contributed by atoms with Gasteiger partial charge in [-0.1, -0.05) is 36.4 Å². The molecule has 3 rings (SSSR count). The fourth-order valence-corrected chi connectivity index (χ4v) is 2.33. The van der Waals surface area contributed by atoms with E-state index >= 15 is 0 Å². The monoisotopic (exact) mass is 253 g/mol. The number of alkyl halides is 1. The summed E-state index contributed by atoms with van der Waals surface area (Å²) in [5.74, 6) is 0.545. The number of halogens is 1. The Balaban J connectivity index is 2.25. The first-order valence-electron chi connectivity index (χ1n) is 5.87. The second-order valence-corrected chi connectivity index (χ2v) is 4.48. The fraction of sp³-hybridized carbons (Fsp3) is 0.0625. The molecule has 2 aromatic carbocycles. The molecule has 0 aliphatic carbocycles. The van der Waals surface area contributed by atoms with Gasteiger partial charge in [0.15, 0.2) is 0 Å². The van der Waals surface area contributed by atoms with Crippen LogP contribution in [0.5, 0.6) is 0 Å². The quantitative estimate of drug-likeness (QED) is 0.606. The van der Waals surface area contributed by atoms with Crippen molar-refractivity contribution in [3.8, 4) is 11.3 Å². The second-order valence-electron chi connectivity index (χ2n) is 4.21. The normalized spacial score (nSPS) is 10.7. The van der Waals surface area contributed by atoms with E-state index in [4.69, 9.17) is 11.6 Å². The summed E-state index contributed by atoms with van der Waals surface area (Å²) in [4.78, 5) is 4.42. The van der Waals surface area contributed by atoms with Gasteiger partial charge in [-0.25, -0.2) is 0 Å². The van der Waals surface area contributed by atoms with Crippen LogP contribution in [-0.2, 0) is 5.88 Å². The van der Waals surface area contributed by atoms with Gasteiger partial charge in [0.2, 0.25) is 0 Å². The standard InChI is InChI=1S/C16H12ClN/c17-11-12-7-8-14-13(10-12)4-3-5-15(14)16-6-1-2-9-18-16/h1-10H,11H2. The number of fused-ring (bicyclic) bond motifs is 1. The van der Waals surface area contributed by atoms with Gasteiger partial charge in [0, 0.05) is 17.6 Å². The highest BCUT2D eigenvalue weighted by Crippen LogP contribution is 2.28. The van der Waals surface area contributed by atoms with Crippen LogP contribution in [0.1, 0.15) is 5.56 Å². The van der Waals surface area contributed by atoms with E-state index in [9.17, 15) is 0 Å². The van der Waals surface area contributed by atoms with Crippen LogP contribution in [0, 0.1) is 0 Å². The molecule has 1 heterocycles. The zero-order valence-electron chi connectivity index (χ0n) is 9.81. The summed E-state index contributed by atoms with van der Waals surface area (Å²) in [7, 11) is 0. The Bertz CT molecular complexity index is 677. The maximum Gasteiger partial charge on any atom is 0.0708 e. The van der Waals surface area contributed by atoms with E-state index in [0.717, 1.165) is 16.8 Å². The van der Waals surface area contributed by atoms with Crippen molar-refractivity contribution in [2.24, 2.45) is 0 Å². The topological polar surface area (TPSA) is 12.9 Å². The zero-order valence-corrected chi connectivity index (χ0v) is 10.6. The van der Waals surface area contributed by atoms with Gasteiger partial charge >= 0.3 is 0 Å². The van der Waals surface area contributed by atoms with Gasteiger partial charge in [-0.2, -0.15) is 0 Å². The van der Waals surface area contributed by atoms with Crippen LogP contribution in [0.2, 0.25) is 0 Å². The molecule has 0 aliphatic rings. The van der Waals surface area contributed by atoms with Gasteiger partial charge in [0.25, 0.3) is 0 Å². The summed E-state index contributed by atoms with van der Waals surface area (Å²) in [6, 6.07) is 18.6. The average molecular weight is 254 g/mol. The number of hydrogen-bond donors (Lipinski definition) is 0. The molecule has 3 aromatic rings. The number of rotatable bonds is 2. The summed E-state index contributed by atoms with van der Waals surface area (Å²) >= 11 is 5.87. The first kappa shape index (κ1) is 11.2. The van der Waals surface area contributed by atoms with E-state index in [1.165, 1.54) is 10.8 Å². The first-order chi connectivity index (χ1) is 8.88. The summed E-state index contributed by atoms with van der Waals surface area (Å²) in [5.41, 5.74) is 3.30. The summed E-state index contributed by atoms with van der Waals surface area (Å²) in [6.45, 7) is 0. The highest BCUT2D eigenvalue weighted by atomic mass is 35.5. The number of hydrogen-bond acceptors (Lipinski definition) is 1. The lowest BCUT2D eigenvalue weighted by Crippen LogP contribution is -1.85. The molecule has 0 saturated carbocycles. The van der Waals surface area contributed by atoms with Crippen LogP contribution < -0.4 is 0 Å². The predicted molar refractivity (Wildman–Crippen MR) is 76.7 cm³/mol. The largest absolute Gasteiger partial charge is 0.256 e. The van der Waals surface area contributed by atoms with Crippen LogP contribution in [0.25, 0.3) is 22.0 Å². The lowest BCUT2D eigenvalue weighted by Gasteiger charge is -2.07. The molecule has 0 radical (unpaired) electrons. The van der Waals surface area contributed by atoms with Crippen LogP contribution in [0.4, 0.5) is 0 Å². The number of aromatic nitrogens is 1. The molecule has 18 heavy (non-hydrogen) atoms. The molecule has 88 valence electrons. The van der Waals surface area contributed by atoms with Crippen molar-refractivity contribution in [2.45, 2.75) is 5.88 Å². The molecule has 0 bridgehead atoms. The van der Waals surface area contributed by atoms with Gasteiger partial charge in [-0.15, -0.1) is 11.6 Å². The molecular weight excluding hydrogens is 242 g/mol. The van der Waals surface area contributed by atoms with Crippen molar-refractivity contribution in [1.29, 1.82) is 0 Å². The molecule has 0 saturated heterocycles. The van der Waals surface area contributed by atoms with Gasteiger partial charge in [-0.05, 0) is 34.5 Å². The van der Waals surface area contributed by atoms with Gasteiger partial charge in [-0.3, -0.25) is 4.98 Å². The van der Waals surface area contributed by atoms with Crippen molar-refractivity contribution < 1.29 is 0 Å². The molecule has 1 aromatic heterocycles. The maximum absolute atomic E-state index is 5.87. The van der Waals surface area contributed by atoms with Crippen molar-refractivity contribution in [2.75, 3.05) is 0 Å². The lowest BCUT2D eigenvalue weighted by atomic mass is 10.0. The van der Waals surface area contributed by atoms with Crippen LogP contribution >= 0.6 is 11.6 Å². The number of nitrogens with zero attached hydrogens (tertiary/aromatic N) is 1. The molecule has 0 atom stereocenters. The van der Waals surface area contributed by atoms with E-state index in [1.807, 2.05) is 24.4 Å². The Morgan fingerprint density at radius 2 is 1.89 bits per heavy atom. The van der Waals surface area contributed by atoms with Crippen molar-refractivity contribution in [3.63, 3.8) is 0 Å². The molecule has 0 spiro atoms.